The smallest absolute Gasteiger partial charge is 0.239 e. The highest BCUT2D eigenvalue weighted by atomic mass is 32.2. The first-order chi connectivity index (χ1) is 10.9. The van der Waals surface area contributed by atoms with Crippen LogP contribution in [0.3, 0.4) is 0 Å². The summed E-state index contributed by atoms with van der Waals surface area (Å²) in [6, 6.07) is 6.63. The zero-order chi connectivity index (χ0) is 16.6. The van der Waals surface area contributed by atoms with E-state index in [4.69, 9.17) is 4.74 Å². The molecule has 8 heteroatoms. The number of fused-ring (bicyclic) bond motifs is 1. The van der Waals surface area contributed by atoms with Crippen LogP contribution in [-0.2, 0) is 15.8 Å². The second kappa shape index (κ2) is 5.77. The average molecular weight is 343 g/mol. The Morgan fingerprint density at radius 1 is 1.09 bits per heavy atom. The van der Waals surface area contributed by atoms with Crippen LogP contribution in [0.4, 0.5) is 18.9 Å². The predicted molar refractivity (Wildman–Crippen MR) is 78.2 cm³/mol. The average Bonchev–Trinajstić information content (AvgIpc) is 2.50. The standard InChI is InChI=1S/C15H12F3NO3S/c16-11-5-4-10(13(18)8-11)9-23(20,21)19-6-7-22-14-3-1-2-12(17)15(14)19/h1-5,8H,6-7,9H2. The quantitative estimate of drug-likeness (QED) is 0.861. The number of anilines is 1. The van der Waals surface area contributed by atoms with Crippen LogP contribution < -0.4 is 9.04 Å². The molecule has 3 rings (SSSR count). The fourth-order valence-corrected chi connectivity index (χ4v) is 3.99. The van der Waals surface area contributed by atoms with Crippen molar-refractivity contribution < 1.29 is 26.3 Å². The fourth-order valence-electron chi connectivity index (χ4n) is 2.40. The Labute approximate surface area is 131 Å². The third-order valence-corrected chi connectivity index (χ3v) is 5.15. The molecule has 0 bridgehead atoms. The van der Waals surface area contributed by atoms with Crippen LogP contribution in [0.15, 0.2) is 36.4 Å². The van der Waals surface area contributed by atoms with Gasteiger partial charge in [0.05, 0.1) is 12.3 Å². The number of nitrogens with zero attached hydrogens (tertiary/aromatic N) is 1. The van der Waals surface area contributed by atoms with E-state index in [1.807, 2.05) is 0 Å². The molecule has 2 aromatic rings. The van der Waals surface area contributed by atoms with E-state index in [0.29, 0.717) is 6.07 Å². The highest BCUT2D eigenvalue weighted by Gasteiger charge is 2.31. The molecular formula is C15H12F3NO3S. The van der Waals surface area contributed by atoms with Crippen molar-refractivity contribution in [3.8, 4) is 5.75 Å². The maximum atomic E-state index is 14.0. The molecular weight excluding hydrogens is 331 g/mol. The van der Waals surface area contributed by atoms with E-state index < -0.39 is 33.2 Å². The van der Waals surface area contributed by atoms with Crippen LogP contribution in [0.1, 0.15) is 5.56 Å². The monoisotopic (exact) mass is 343 g/mol. The Morgan fingerprint density at radius 3 is 2.61 bits per heavy atom. The van der Waals surface area contributed by atoms with E-state index in [-0.39, 0.29) is 30.2 Å². The van der Waals surface area contributed by atoms with Gasteiger partial charge in [-0.1, -0.05) is 12.1 Å². The number of rotatable bonds is 3. The predicted octanol–water partition coefficient (Wildman–Crippen LogP) is 2.83. The van der Waals surface area contributed by atoms with Crippen molar-refractivity contribution in [2.45, 2.75) is 5.75 Å². The largest absolute Gasteiger partial charge is 0.489 e. The molecule has 122 valence electrons. The van der Waals surface area contributed by atoms with Gasteiger partial charge >= 0.3 is 0 Å². The molecule has 0 aliphatic carbocycles. The molecule has 23 heavy (non-hydrogen) atoms. The van der Waals surface area contributed by atoms with Crippen molar-refractivity contribution in [1.29, 1.82) is 0 Å². The molecule has 0 radical (unpaired) electrons. The first-order valence-electron chi connectivity index (χ1n) is 6.74. The third-order valence-electron chi connectivity index (χ3n) is 3.44. The summed E-state index contributed by atoms with van der Waals surface area (Å²) in [5.41, 5.74) is -0.378. The summed E-state index contributed by atoms with van der Waals surface area (Å²) in [5, 5.41) is 0. The summed E-state index contributed by atoms with van der Waals surface area (Å²) in [4.78, 5) is 0. The molecule has 0 fully saturated rings. The van der Waals surface area contributed by atoms with E-state index in [2.05, 4.69) is 0 Å². The second-order valence-corrected chi connectivity index (χ2v) is 6.89. The molecule has 0 spiro atoms. The molecule has 4 nitrogen and oxygen atoms in total. The number of para-hydroxylation sites is 1. The van der Waals surface area contributed by atoms with Gasteiger partial charge in [0.15, 0.2) is 5.82 Å². The molecule has 1 aliphatic heterocycles. The van der Waals surface area contributed by atoms with Gasteiger partial charge in [0.2, 0.25) is 10.0 Å². The van der Waals surface area contributed by atoms with Crippen LogP contribution in [-0.4, -0.2) is 21.6 Å². The van der Waals surface area contributed by atoms with Crippen molar-refractivity contribution in [3.63, 3.8) is 0 Å². The first-order valence-corrected chi connectivity index (χ1v) is 8.35. The van der Waals surface area contributed by atoms with Gasteiger partial charge in [-0.05, 0) is 18.2 Å². The lowest BCUT2D eigenvalue weighted by Gasteiger charge is -2.30. The number of sulfonamides is 1. The minimum absolute atomic E-state index is 0.0571. The van der Waals surface area contributed by atoms with Gasteiger partial charge in [0.25, 0.3) is 0 Å². The molecule has 0 saturated heterocycles. The molecule has 0 saturated carbocycles. The summed E-state index contributed by atoms with van der Waals surface area (Å²) >= 11 is 0. The van der Waals surface area contributed by atoms with E-state index >= 15 is 0 Å². The fraction of sp³-hybridized carbons (Fsp3) is 0.200. The summed E-state index contributed by atoms with van der Waals surface area (Å²) in [6.45, 7) is -0.0271. The first kappa shape index (κ1) is 15.7. The Hall–Kier alpha value is -2.22. The van der Waals surface area contributed by atoms with Gasteiger partial charge in [0.1, 0.15) is 29.7 Å². The maximum Gasteiger partial charge on any atom is 0.239 e. The summed E-state index contributed by atoms with van der Waals surface area (Å²) in [6.07, 6.45) is 0. The van der Waals surface area contributed by atoms with Gasteiger partial charge in [-0.25, -0.2) is 21.6 Å². The molecule has 1 heterocycles. The van der Waals surface area contributed by atoms with E-state index in [9.17, 15) is 21.6 Å². The van der Waals surface area contributed by atoms with Gasteiger partial charge in [0, 0.05) is 11.6 Å². The topological polar surface area (TPSA) is 46.6 Å². The van der Waals surface area contributed by atoms with E-state index in [1.54, 1.807) is 0 Å². The zero-order valence-electron chi connectivity index (χ0n) is 11.8. The van der Waals surface area contributed by atoms with E-state index in [1.165, 1.54) is 12.1 Å². The normalized spacial score (nSPS) is 14.3. The van der Waals surface area contributed by atoms with Crippen LogP contribution in [0.5, 0.6) is 5.75 Å². The minimum atomic E-state index is -4.06. The molecule has 1 aliphatic rings. The Bertz CT molecular complexity index is 855. The zero-order valence-corrected chi connectivity index (χ0v) is 12.6. The van der Waals surface area contributed by atoms with Gasteiger partial charge in [-0.2, -0.15) is 0 Å². The number of hydrogen-bond acceptors (Lipinski definition) is 3. The maximum absolute atomic E-state index is 14.0. The SMILES string of the molecule is O=S(=O)(Cc1ccc(F)cc1F)N1CCOc2cccc(F)c21. The summed E-state index contributed by atoms with van der Waals surface area (Å²) in [5.74, 6) is -3.10. The van der Waals surface area contributed by atoms with Crippen molar-refractivity contribution in [2.75, 3.05) is 17.5 Å². The highest BCUT2D eigenvalue weighted by molar-refractivity contribution is 7.92. The van der Waals surface area contributed by atoms with Crippen molar-refractivity contribution in [2.24, 2.45) is 0 Å². The van der Waals surface area contributed by atoms with Crippen LogP contribution in [0.2, 0.25) is 0 Å². The highest BCUT2D eigenvalue weighted by Crippen LogP contribution is 2.36. The van der Waals surface area contributed by atoms with Gasteiger partial charge in [-0.15, -0.1) is 0 Å². The minimum Gasteiger partial charge on any atom is -0.489 e. The molecule has 0 aromatic heterocycles. The van der Waals surface area contributed by atoms with Crippen LogP contribution >= 0.6 is 0 Å². The Balaban J connectivity index is 1.99. The van der Waals surface area contributed by atoms with Gasteiger partial charge < -0.3 is 4.74 Å². The van der Waals surface area contributed by atoms with E-state index in [0.717, 1.165) is 22.5 Å². The lowest BCUT2D eigenvalue weighted by atomic mass is 10.2. The molecule has 0 unspecified atom stereocenters. The molecule has 0 amide bonds. The molecule has 0 atom stereocenters. The summed E-state index contributed by atoms with van der Waals surface area (Å²) < 4.78 is 71.8. The molecule has 2 aromatic carbocycles. The van der Waals surface area contributed by atoms with Crippen LogP contribution in [0.25, 0.3) is 0 Å². The lowest BCUT2D eigenvalue weighted by molar-refractivity contribution is 0.313. The van der Waals surface area contributed by atoms with Crippen molar-refractivity contribution in [3.05, 3.63) is 59.4 Å². The number of benzene rings is 2. The number of ether oxygens (including phenoxy) is 1. The van der Waals surface area contributed by atoms with Crippen molar-refractivity contribution in [1.82, 2.24) is 0 Å². The summed E-state index contributed by atoms with van der Waals surface area (Å²) in [7, 11) is -4.06. The lowest BCUT2D eigenvalue weighted by Crippen LogP contribution is -2.39. The third kappa shape index (κ3) is 2.98. The second-order valence-electron chi connectivity index (χ2n) is 5.00. The van der Waals surface area contributed by atoms with Crippen molar-refractivity contribution >= 4 is 15.7 Å². The van der Waals surface area contributed by atoms with Crippen LogP contribution in [0, 0.1) is 17.5 Å². The number of halogens is 3. The Morgan fingerprint density at radius 2 is 1.87 bits per heavy atom. The van der Waals surface area contributed by atoms with Gasteiger partial charge in [-0.3, -0.25) is 4.31 Å². The molecule has 0 N–H and O–H groups in total. The Kier molecular flexibility index (Phi) is 3.93. The number of hydrogen-bond donors (Lipinski definition) is 0.